The molecule has 3 nitrogen and oxygen atoms in total. The quantitative estimate of drug-likeness (QED) is 0.858. The van der Waals surface area contributed by atoms with Crippen LogP contribution in [0.5, 0.6) is 0 Å². The molecule has 1 aromatic rings. The fourth-order valence-corrected chi connectivity index (χ4v) is 3.61. The Labute approximate surface area is 149 Å². The lowest BCUT2D eigenvalue weighted by Crippen LogP contribution is -2.52. The topological polar surface area (TPSA) is 18.5 Å². The third-order valence-electron chi connectivity index (χ3n) is 5.33. The van der Waals surface area contributed by atoms with Crippen molar-refractivity contribution in [1.82, 2.24) is 15.1 Å². The molecule has 1 aliphatic rings. The third-order valence-corrected chi connectivity index (χ3v) is 5.33. The molecule has 0 radical (unpaired) electrons. The maximum Gasteiger partial charge on any atom is 0.0476 e. The van der Waals surface area contributed by atoms with Gasteiger partial charge in [0.1, 0.15) is 0 Å². The van der Waals surface area contributed by atoms with Gasteiger partial charge in [0, 0.05) is 38.3 Å². The molecule has 1 heterocycles. The van der Waals surface area contributed by atoms with Gasteiger partial charge in [-0.2, -0.15) is 0 Å². The predicted octanol–water partition coefficient (Wildman–Crippen LogP) is 3.66. The summed E-state index contributed by atoms with van der Waals surface area (Å²) in [6.07, 6.45) is 0. The standard InChI is InChI=1S/C21H37N3/c1-7-23(8-2)16-20(24-14-13-22-17(3)15-24)18-9-11-19(12-10-18)21(4,5)6/h9-12,17,20,22H,7-8,13-16H2,1-6H3. The van der Waals surface area contributed by atoms with E-state index in [2.05, 4.69) is 80.9 Å². The van der Waals surface area contributed by atoms with Crippen LogP contribution in [0.4, 0.5) is 0 Å². The summed E-state index contributed by atoms with van der Waals surface area (Å²) in [4.78, 5) is 5.22. The molecule has 3 heteroatoms. The zero-order valence-electron chi connectivity index (χ0n) is 16.6. The number of nitrogens with zero attached hydrogens (tertiary/aromatic N) is 2. The molecule has 0 spiro atoms. The van der Waals surface area contributed by atoms with Gasteiger partial charge in [0.05, 0.1) is 0 Å². The summed E-state index contributed by atoms with van der Waals surface area (Å²) in [5, 5.41) is 3.57. The van der Waals surface area contributed by atoms with Crippen LogP contribution >= 0.6 is 0 Å². The van der Waals surface area contributed by atoms with E-state index in [4.69, 9.17) is 0 Å². The van der Waals surface area contributed by atoms with Crippen molar-refractivity contribution >= 4 is 0 Å². The van der Waals surface area contributed by atoms with Crippen molar-refractivity contribution in [3.05, 3.63) is 35.4 Å². The molecule has 0 amide bonds. The largest absolute Gasteiger partial charge is 0.312 e. The Morgan fingerprint density at radius 1 is 1.17 bits per heavy atom. The first-order chi connectivity index (χ1) is 11.3. The highest BCUT2D eigenvalue weighted by Crippen LogP contribution is 2.27. The van der Waals surface area contributed by atoms with Crippen LogP contribution in [-0.2, 0) is 5.41 Å². The molecule has 2 rings (SSSR count). The van der Waals surface area contributed by atoms with Gasteiger partial charge in [-0.05, 0) is 36.6 Å². The monoisotopic (exact) mass is 331 g/mol. The molecule has 0 bridgehead atoms. The molecule has 1 N–H and O–H groups in total. The average Bonchev–Trinajstić information content (AvgIpc) is 2.55. The van der Waals surface area contributed by atoms with Gasteiger partial charge in [-0.1, -0.05) is 58.9 Å². The van der Waals surface area contributed by atoms with Crippen molar-refractivity contribution < 1.29 is 0 Å². The molecule has 24 heavy (non-hydrogen) atoms. The van der Waals surface area contributed by atoms with Gasteiger partial charge in [0.25, 0.3) is 0 Å². The highest BCUT2D eigenvalue weighted by molar-refractivity contribution is 5.29. The van der Waals surface area contributed by atoms with Crippen LogP contribution in [0.15, 0.2) is 24.3 Å². The molecule has 1 aliphatic heterocycles. The molecule has 0 aromatic heterocycles. The van der Waals surface area contributed by atoms with Gasteiger partial charge in [-0.25, -0.2) is 0 Å². The molecule has 136 valence electrons. The molecule has 1 aromatic carbocycles. The second kappa shape index (κ2) is 8.46. The van der Waals surface area contributed by atoms with Crippen LogP contribution in [0.2, 0.25) is 0 Å². The summed E-state index contributed by atoms with van der Waals surface area (Å²) >= 11 is 0. The summed E-state index contributed by atoms with van der Waals surface area (Å²) in [7, 11) is 0. The molecule has 1 saturated heterocycles. The predicted molar refractivity (Wildman–Crippen MR) is 105 cm³/mol. The van der Waals surface area contributed by atoms with E-state index < -0.39 is 0 Å². The van der Waals surface area contributed by atoms with Crippen LogP contribution in [-0.4, -0.2) is 55.1 Å². The van der Waals surface area contributed by atoms with Crippen LogP contribution in [0.1, 0.15) is 58.7 Å². The number of hydrogen-bond donors (Lipinski definition) is 1. The lowest BCUT2D eigenvalue weighted by molar-refractivity contribution is 0.113. The Kier molecular flexibility index (Phi) is 6.85. The van der Waals surface area contributed by atoms with Crippen molar-refractivity contribution in [3.8, 4) is 0 Å². The Morgan fingerprint density at radius 2 is 1.79 bits per heavy atom. The second-order valence-electron chi connectivity index (χ2n) is 8.22. The van der Waals surface area contributed by atoms with Crippen molar-refractivity contribution in [2.75, 3.05) is 39.3 Å². The first-order valence-corrected chi connectivity index (χ1v) is 9.65. The van der Waals surface area contributed by atoms with E-state index in [0.717, 1.165) is 39.3 Å². The van der Waals surface area contributed by atoms with Gasteiger partial charge in [-0.3, -0.25) is 4.90 Å². The Balaban J connectivity index is 2.23. The highest BCUT2D eigenvalue weighted by atomic mass is 15.3. The van der Waals surface area contributed by atoms with E-state index in [1.165, 1.54) is 11.1 Å². The fraction of sp³-hybridized carbons (Fsp3) is 0.714. The van der Waals surface area contributed by atoms with Crippen molar-refractivity contribution in [3.63, 3.8) is 0 Å². The fourth-order valence-electron chi connectivity index (χ4n) is 3.61. The molecule has 2 atom stereocenters. The van der Waals surface area contributed by atoms with Crippen molar-refractivity contribution in [2.24, 2.45) is 0 Å². The summed E-state index contributed by atoms with van der Waals surface area (Å²) in [6, 6.07) is 10.4. The number of nitrogens with one attached hydrogen (secondary N) is 1. The summed E-state index contributed by atoms with van der Waals surface area (Å²) < 4.78 is 0. The van der Waals surface area contributed by atoms with Crippen molar-refractivity contribution in [1.29, 1.82) is 0 Å². The number of rotatable bonds is 6. The van der Waals surface area contributed by atoms with Gasteiger partial charge in [0.15, 0.2) is 0 Å². The number of piperazine rings is 1. The van der Waals surface area contributed by atoms with Gasteiger partial charge in [0.2, 0.25) is 0 Å². The van der Waals surface area contributed by atoms with Crippen LogP contribution < -0.4 is 5.32 Å². The zero-order chi connectivity index (χ0) is 17.7. The molecular weight excluding hydrogens is 294 g/mol. The highest BCUT2D eigenvalue weighted by Gasteiger charge is 2.26. The van der Waals surface area contributed by atoms with Crippen LogP contribution in [0, 0.1) is 0 Å². The van der Waals surface area contributed by atoms with E-state index in [-0.39, 0.29) is 5.41 Å². The minimum atomic E-state index is 0.219. The third kappa shape index (κ3) is 5.05. The second-order valence-corrected chi connectivity index (χ2v) is 8.22. The SMILES string of the molecule is CCN(CC)CC(c1ccc(C(C)(C)C)cc1)N1CCNC(C)C1. The zero-order valence-corrected chi connectivity index (χ0v) is 16.6. The normalized spacial score (nSPS) is 21.2. The number of benzene rings is 1. The Morgan fingerprint density at radius 3 is 2.29 bits per heavy atom. The Bertz CT molecular complexity index is 485. The molecule has 0 saturated carbocycles. The number of likely N-dealkylation sites (N-methyl/N-ethyl adjacent to an activating group) is 1. The van der Waals surface area contributed by atoms with Crippen molar-refractivity contribution in [2.45, 2.75) is 59.0 Å². The summed E-state index contributed by atoms with van der Waals surface area (Å²) in [5.74, 6) is 0. The van der Waals surface area contributed by atoms with E-state index in [9.17, 15) is 0 Å². The lowest BCUT2D eigenvalue weighted by Gasteiger charge is -2.40. The number of hydrogen-bond acceptors (Lipinski definition) is 3. The van der Waals surface area contributed by atoms with Gasteiger partial charge >= 0.3 is 0 Å². The first-order valence-electron chi connectivity index (χ1n) is 9.65. The maximum absolute atomic E-state index is 3.57. The smallest absolute Gasteiger partial charge is 0.0476 e. The summed E-state index contributed by atoms with van der Waals surface area (Å²) in [6.45, 7) is 20.4. The van der Waals surface area contributed by atoms with E-state index in [1.54, 1.807) is 0 Å². The molecule has 2 unspecified atom stereocenters. The average molecular weight is 332 g/mol. The minimum absolute atomic E-state index is 0.219. The molecule has 1 fully saturated rings. The van der Waals surface area contributed by atoms with E-state index in [1.807, 2.05) is 0 Å². The van der Waals surface area contributed by atoms with Crippen LogP contribution in [0.25, 0.3) is 0 Å². The lowest BCUT2D eigenvalue weighted by atomic mass is 9.86. The van der Waals surface area contributed by atoms with Crippen LogP contribution in [0.3, 0.4) is 0 Å². The maximum atomic E-state index is 3.57. The first kappa shape index (κ1) is 19.4. The van der Waals surface area contributed by atoms with Gasteiger partial charge < -0.3 is 10.2 Å². The van der Waals surface area contributed by atoms with Gasteiger partial charge in [-0.15, -0.1) is 0 Å². The molecule has 0 aliphatic carbocycles. The van der Waals surface area contributed by atoms with E-state index >= 15 is 0 Å². The minimum Gasteiger partial charge on any atom is -0.312 e. The molecular formula is C21H37N3. The van der Waals surface area contributed by atoms with E-state index in [0.29, 0.717) is 12.1 Å². The summed E-state index contributed by atoms with van der Waals surface area (Å²) in [5.41, 5.74) is 3.10. The Hall–Kier alpha value is -0.900.